The molecule has 2 aliphatic heterocycles. The van der Waals surface area contributed by atoms with Crippen molar-refractivity contribution in [3.63, 3.8) is 0 Å². The molecule has 31 heavy (non-hydrogen) atoms. The molecule has 0 spiro atoms. The van der Waals surface area contributed by atoms with Gasteiger partial charge in [0.1, 0.15) is 6.07 Å². The van der Waals surface area contributed by atoms with Crippen molar-refractivity contribution >= 4 is 28.8 Å². The Labute approximate surface area is 188 Å². The Bertz CT molecular complexity index is 841. The molecule has 0 aliphatic carbocycles. The van der Waals surface area contributed by atoms with Crippen molar-refractivity contribution in [1.29, 1.82) is 5.26 Å². The number of nitrogens with zero attached hydrogens (tertiary/aromatic N) is 4. The molecule has 168 valence electrons. The van der Waals surface area contributed by atoms with E-state index in [1.165, 1.54) is 25.5 Å². The van der Waals surface area contributed by atoms with Crippen LogP contribution in [0.25, 0.3) is 0 Å². The minimum absolute atomic E-state index is 0.105. The molecule has 1 amide bonds. The molecule has 0 radical (unpaired) electrons. The van der Waals surface area contributed by atoms with Gasteiger partial charge in [-0.15, -0.1) is 0 Å². The van der Waals surface area contributed by atoms with Gasteiger partial charge >= 0.3 is 0 Å². The van der Waals surface area contributed by atoms with Gasteiger partial charge in [-0.1, -0.05) is 0 Å². The van der Waals surface area contributed by atoms with Crippen LogP contribution < -0.4 is 9.47 Å². The van der Waals surface area contributed by atoms with Crippen molar-refractivity contribution in [2.24, 2.45) is 10.9 Å². The van der Waals surface area contributed by atoms with Crippen LogP contribution in [0.3, 0.4) is 0 Å². The third-order valence-corrected chi connectivity index (χ3v) is 6.72. The summed E-state index contributed by atoms with van der Waals surface area (Å²) in [6.45, 7) is 3.38. The molecule has 2 aliphatic rings. The lowest BCUT2D eigenvalue weighted by molar-refractivity contribution is -0.137. The molecular formula is C22H30N4O4S. The number of piperidine rings is 2. The molecule has 2 fully saturated rings. The average molecular weight is 447 g/mol. The Morgan fingerprint density at radius 3 is 2.29 bits per heavy atom. The third-order valence-electron chi connectivity index (χ3n) is 5.69. The molecule has 0 saturated carbocycles. The quantitative estimate of drug-likeness (QED) is 0.388. The molecule has 8 nitrogen and oxygen atoms in total. The normalized spacial score (nSPS) is 18.4. The average Bonchev–Trinajstić information content (AvgIpc) is 2.83. The van der Waals surface area contributed by atoms with Crippen molar-refractivity contribution in [1.82, 2.24) is 9.21 Å². The molecular weight excluding hydrogens is 416 g/mol. The molecule has 0 atom stereocenters. The smallest absolute Gasteiger partial charge is 0.266 e. The van der Waals surface area contributed by atoms with E-state index in [1.807, 2.05) is 4.90 Å². The minimum atomic E-state index is 0.105. The number of carbonyl (C=O) groups is 1. The number of ether oxygens (including phenoxy) is 3. The van der Waals surface area contributed by atoms with E-state index in [4.69, 9.17) is 14.2 Å². The number of rotatable bonds is 5. The monoisotopic (exact) mass is 446 g/mol. The molecule has 0 unspecified atom stereocenters. The number of hydrogen-bond acceptors (Lipinski definition) is 8. The molecule has 9 heteroatoms. The van der Waals surface area contributed by atoms with E-state index >= 15 is 0 Å². The second-order valence-corrected chi connectivity index (χ2v) is 8.65. The fourth-order valence-electron chi connectivity index (χ4n) is 3.93. The summed E-state index contributed by atoms with van der Waals surface area (Å²) in [4.78, 5) is 19.3. The molecule has 0 N–H and O–H groups in total. The Morgan fingerprint density at radius 2 is 1.71 bits per heavy atom. The Morgan fingerprint density at radius 1 is 1.06 bits per heavy atom. The third kappa shape index (κ3) is 5.83. The first-order valence-electron chi connectivity index (χ1n) is 10.6. The highest BCUT2D eigenvalue weighted by atomic mass is 32.2. The molecule has 0 bridgehead atoms. The predicted octanol–water partition coefficient (Wildman–Crippen LogP) is 3.58. The molecule has 1 aromatic carbocycles. The van der Waals surface area contributed by atoms with Gasteiger partial charge in [-0.05, 0) is 32.1 Å². The molecule has 2 heterocycles. The van der Waals surface area contributed by atoms with Gasteiger partial charge in [0.25, 0.3) is 5.23 Å². The first-order valence-corrected chi connectivity index (χ1v) is 11.4. The summed E-state index contributed by atoms with van der Waals surface area (Å²) in [6.07, 6.45) is 5.13. The predicted molar refractivity (Wildman–Crippen MR) is 121 cm³/mol. The topological polar surface area (TPSA) is 87.4 Å². The number of nitriles is 1. The lowest BCUT2D eigenvalue weighted by atomic mass is 9.95. The zero-order chi connectivity index (χ0) is 22.2. The summed E-state index contributed by atoms with van der Waals surface area (Å²) in [7, 11) is 4.63. The van der Waals surface area contributed by atoms with Crippen LogP contribution in [0.2, 0.25) is 0 Å². The van der Waals surface area contributed by atoms with Crippen LogP contribution in [0.1, 0.15) is 37.7 Å². The fourth-order valence-corrected chi connectivity index (χ4v) is 4.76. The molecule has 0 aromatic heterocycles. The standard InChI is InChI=1S/C22H30N4O4S/c1-28-19-13-17(15-23)18(14-20(19)29-2)24-22(30-3)31-26-11-7-16(8-12-26)21(27)25-9-5-4-6-10-25/h13-14,16H,4-12H2,1-3H3. The van der Waals surface area contributed by atoms with Gasteiger partial charge in [-0.3, -0.25) is 4.79 Å². The number of carbonyl (C=O) groups excluding carboxylic acids is 1. The summed E-state index contributed by atoms with van der Waals surface area (Å²) in [6, 6.07) is 5.41. The van der Waals surface area contributed by atoms with Crippen molar-refractivity contribution < 1.29 is 19.0 Å². The first-order chi connectivity index (χ1) is 15.1. The van der Waals surface area contributed by atoms with Crippen molar-refractivity contribution in [2.75, 3.05) is 47.5 Å². The van der Waals surface area contributed by atoms with Crippen LogP contribution in [-0.2, 0) is 9.53 Å². The number of benzene rings is 1. The number of likely N-dealkylation sites (tertiary alicyclic amines) is 1. The highest BCUT2D eigenvalue weighted by Crippen LogP contribution is 2.35. The van der Waals surface area contributed by atoms with Crippen LogP contribution in [0.5, 0.6) is 11.5 Å². The Kier molecular flexibility index (Phi) is 8.43. The highest BCUT2D eigenvalue weighted by molar-refractivity contribution is 8.11. The van der Waals surface area contributed by atoms with Crippen molar-refractivity contribution in [2.45, 2.75) is 32.1 Å². The van der Waals surface area contributed by atoms with E-state index < -0.39 is 0 Å². The summed E-state index contributed by atoms with van der Waals surface area (Å²) in [5, 5.41) is 9.92. The first kappa shape index (κ1) is 23.2. The highest BCUT2D eigenvalue weighted by Gasteiger charge is 2.30. The Hall–Kier alpha value is -2.44. The van der Waals surface area contributed by atoms with E-state index in [-0.39, 0.29) is 5.92 Å². The van der Waals surface area contributed by atoms with Crippen molar-refractivity contribution in [3.05, 3.63) is 17.7 Å². The molecule has 3 rings (SSSR count). The summed E-state index contributed by atoms with van der Waals surface area (Å²) in [5.74, 6) is 1.39. The van der Waals surface area contributed by atoms with Crippen LogP contribution in [-0.4, -0.2) is 67.9 Å². The van der Waals surface area contributed by atoms with Crippen LogP contribution in [0.4, 0.5) is 5.69 Å². The number of amides is 1. The maximum atomic E-state index is 12.8. The lowest BCUT2D eigenvalue weighted by Gasteiger charge is -2.34. The fraction of sp³-hybridized carbons (Fsp3) is 0.591. The summed E-state index contributed by atoms with van der Waals surface area (Å²) < 4.78 is 18.2. The van der Waals surface area contributed by atoms with E-state index in [2.05, 4.69) is 15.4 Å². The zero-order valence-electron chi connectivity index (χ0n) is 18.4. The second-order valence-electron chi connectivity index (χ2n) is 7.60. The maximum absolute atomic E-state index is 12.8. The van der Waals surface area contributed by atoms with Gasteiger partial charge in [-0.25, -0.2) is 9.30 Å². The van der Waals surface area contributed by atoms with Crippen LogP contribution >= 0.6 is 11.9 Å². The molecule has 2 saturated heterocycles. The van der Waals surface area contributed by atoms with E-state index in [0.717, 1.165) is 51.9 Å². The summed E-state index contributed by atoms with van der Waals surface area (Å²) in [5.41, 5.74) is 0.832. The van der Waals surface area contributed by atoms with Gasteiger partial charge in [0.2, 0.25) is 5.91 Å². The van der Waals surface area contributed by atoms with Gasteiger partial charge in [0.05, 0.1) is 32.6 Å². The largest absolute Gasteiger partial charge is 0.493 e. The van der Waals surface area contributed by atoms with E-state index in [9.17, 15) is 10.1 Å². The zero-order valence-corrected chi connectivity index (χ0v) is 19.2. The summed E-state index contributed by atoms with van der Waals surface area (Å²) >= 11 is 1.41. The number of methoxy groups -OCH3 is 3. The van der Waals surface area contributed by atoms with E-state index in [0.29, 0.717) is 33.9 Å². The SMILES string of the molecule is COC(=Nc1cc(OC)c(OC)cc1C#N)SN1CCC(C(=O)N2CCCCC2)CC1. The Balaban J connectivity index is 1.64. The van der Waals surface area contributed by atoms with Gasteiger partial charge < -0.3 is 19.1 Å². The van der Waals surface area contributed by atoms with E-state index in [1.54, 1.807) is 26.4 Å². The lowest BCUT2D eigenvalue weighted by Crippen LogP contribution is -2.43. The van der Waals surface area contributed by atoms with Crippen molar-refractivity contribution in [3.8, 4) is 17.6 Å². The van der Waals surface area contributed by atoms with Gasteiger partial charge in [0.15, 0.2) is 11.5 Å². The van der Waals surface area contributed by atoms with Gasteiger partial charge in [0, 0.05) is 56.2 Å². The minimum Gasteiger partial charge on any atom is -0.493 e. The van der Waals surface area contributed by atoms with Crippen LogP contribution in [0, 0.1) is 17.2 Å². The van der Waals surface area contributed by atoms with Gasteiger partial charge in [-0.2, -0.15) is 5.26 Å². The molecule has 1 aromatic rings. The number of hydrogen-bond donors (Lipinski definition) is 0. The maximum Gasteiger partial charge on any atom is 0.266 e. The second kappa shape index (κ2) is 11.3. The number of aliphatic imine (C=N–C) groups is 1. The van der Waals surface area contributed by atoms with Crippen LogP contribution in [0.15, 0.2) is 17.1 Å².